The first-order chi connectivity index (χ1) is 8.60. The van der Waals surface area contributed by atoms with Crippen molar-refractivity contribution in [2.24, 2.45) is 5.73 Å². The van der Waals surface area contributed by atoms with E-state index in [0.29, 0.717) is 24.2 Å². The van der Waals surface area contributed by atoms with Crippen LogP contribution in [0.2, 0.25) is 0 Å². The molecule has 2 rings (SSSR count). The Labute approximate surface area is 107 Å². The van der Waals surface area contributed by atoms with Gasteiger partial charge < -0.3 is 10.2 Å². The van der Waals surface area contributed by atoms with Gasteiger partial charge in [0.25, 0.3) is 5.22 Å². The fourth-order valence-electron chi connectivity index (χ4n) is 1.49. The lowest BCUT2D eigenvalue weighted by atomic mass is 10.1. The van der Waals surface area contributed by atoms with E-state index in [1.165, 1.54) is 18.4 Å². The molecule has 0 atom stereocenters. The zero-order chi connectivity index (χ0) is 13.1. The highest BCUT2D eigenvalue weighted by Crippen LogP contribution is 2.32. The number of halogens is 2. The summed E-state index contributed by atoms with van der Waals surface area (Å²) >= 11 is 0.829. The first-order valence-electron chi connectivity index (χ1n) is 5.38. The predicted octanol–water partition coefficient (Wildman–Crippen LogP) is 2.91. The average Bonchev–Trinajstić information content (AvgIpc) is 2.70. The molecule has 0 aliphatic heterocycles. The molecule has 0 spiro atoms. The average molecular weight is 270 g/mol. The van der Waals surface area contributed by atoms with Gasteiger partial charge in [0.1, 0.15) is 17.9 Å². The number of oxazole rings is 1. The molecular formula is C12H12F2N2OS. The van der Waals surface area contributed by atoms with Gasteiger partial charge in [0, 0.05) is 0 Å². The lowest BCUT2D eigenvalue weighted by Gasteiger charge is -2.05. The van der Waals surface area contributed by atoms with Crippen LogP contribution in [0.3, 0.4) is 0 Å². The molecule has 2 aromatic rings. The minimum atomic E-state index is -0.626. The van der Waals surface area contributed by atoms with Crippen LogP contribution in [-0.2, 0) is 6.42 Å². The summed E-state index contributed by atoms with van der Waals surface area (Å²) in [6.07, 6.45) is 1.87. The largest absolute Gasteiger partial charge is 0.439 e. The van der Waals surface area contributed by atoms with E-state index in [1.807, 2.05) is 0 Å². The van der Waals surface area contributed by atoms with Gasteiger partial charge in [-0.2, -0.15) is 0 Å². The van der Waals surface area contributed by atoms with Gasteiger partial charge in [0.15, 0.2) is 0 Å². The summed E-state index contributed by atoms with van der Waals surface area (Å²) in [6.45, 7) is 2.09. The summed E-state index contributed by atoms with van der Waals surface area (Å²) in [4.78, 5) is 3.88. The summed E-state index contributed by atoms with van der Waals surface area (Å²) < 4.78 is 32.6. The van der Waals surface area contributed by atoms with E-state index in [4.69, 9.17) is 10.2 Å². The van der Waals surface area contributed by atoms with Gasteiger partial charge >= 0.3 is 0 Å². The molecule has 6 heteroatoms. The number of aryl methyl sites for hydroxylation is 1. The van der Waals surface area contributed by atoms with Gasteiger partial charge in [0.2, 0.25) is 0 Å². The SMILES string of the molecule is Cc1coc(Sc2c(F)cc(CCN)cc2F)n1. The minimum Gasteiger partial charge on any atom is -0.439 e. The number of aromatic nitrogens is 1. The van der Waals surface area contributed by atoms with Crippen molar-refractivity contribution >= 4 is 11.8 Å². The molecule has 2 N–H and O–H groups in total. The number of hydrogen-bond donors (Lipinski definition) is 1. The topological polar surface area (TPSA) is 52.0 Å². The smallest absolute Gasteiger partial charge is 0.260 e. The maximum Gasteiger partial charge on any atom is 0.260 e. The molecule has 18 heavy (non-hydrogen) atoms. The highest BCUT2D eigenvalue weighted by molar-refractivity contribution is 7.99. The van der Waals surface area contributed by atoms with Gasteiger partial charge in [-0.3, -0.25) is 0 Å². The Hall–Kier alpha value is -1.40. The molecule has 0 saturated carbocycles. The normalized spacial score (nSPS) is 10.9. The molecule has 0 bridgehead atoms. The Morgan fingerprint density at radius 1 is 1.33 bits per heavy atom. The highest BCUT2D eigenvalue weighted by Gasteiger charge is 2.15. The van der Waals surface area contributed by atoms with Gasteiger partial charge in [-0.05, 0) is 49.3 Å². The van der Waals surface area contributed by atoms with Crippen LogP contribution >= 0.6 is 11.8 Å². The van der Waals surface area contributed by atoms with Crippen LogP contribution in [0.5, 0.6) is 0 Å². The maximum atomic E-state index is 13.8. The molecule has 0 fully saturated rings. The molecule has 0 amide bonds. The quantitative estimate of drug-likeness (QED) is 0.928. The third kappa shape index (κ3) is 2.88. The van der Waals surface area contributed by atoms with Gasteiger partial charge in [-0.15, -0.1) is 0 Å². The second kappa shape index (κ2) is 5.49. The second-order valence-electron chi connectivity index (χ2n) is 3.78. The zero-order valence-electron chi connectivity index (χ0n) is 9.74. The Kier molecular flexibility index (Phi) is 3.98. The van der Waals surface area contributed by atoms with Crippen molar-refractivity contribution in [3.8, 4) is 0 Å². The molecule has 1 aromatic heterocycles. The highest BCUT2D eigenvalue weighted by atomic mass is 32.2. The van der Waals surface area contributed by atoms with Crippen LogP contribution in [0.4, 0.5) is 8.78 Å². The summed E-state index contributed by atoms with van der Waals surface area (Å²) in [7, 11) is 0. The van der Waals surface area contributed by atoms with Crippen molar-refractivity contribution in [1.82, 2.24) is 4.98 Å². The Bertz CT molecular complexity index is 534. The molecule has 96 valence electrons. The fourth-order valence-corrected chi connectivity index (χ4v) is 2.26. The molecular weight excluding hydrogens is 258 g/mol. The number of hydrogen-bond acceptors (Lipinski definition) is 4. The third-order valence-electron chi connectivity index (χ3n) is 2.28. The van der Waals surface area contributed by atoms with E-state index >= 15 is 0 Å². The van der Waals surface area contributed by atoms with Crippen molar-refractivity contribution in [2.45, 2.75) is 23.5 Å². The van der Waals surface area contributed by atoms with E-state index in [9.17, 15) is 8.78 Å². The van der Waals surface area contributed by atoms with E-state index in [-0.39, 0.29) is 10.1 Å². The lowest BCUT2D eigenvalue weighted by Crippen LogP contribution is -2.04. The molecule has 0 saturated heterocycles. The van der Waals surface area contributed by atoms with Crippen LogP contribution in [0.1, 0.15) is 11.3 Å². The van der Waals surface area contributed by atoms with Crippen LogP contribution in [0.15, 0.2) is 32.9 Å². The van der Waals surface area contributed by atoms with Crippen LogP contribution in [-0.4, -0.2) is 11.5 Å². The lowest BCUT2D eigenvalue weighted by molar-refractivity contribution is 0.451. The first kappa shape index (κ1) is 13.0. The molecule has 0 radical (unpaired) electrons. The number of rotatable bonds is 4. The summed E-state index contributed by atoms with van der Waals surface area (Å²) in [6, 6.07) is 2.57. The van der Waals surface area contributed by atoms with Crippen molar-refractivity contribution in [3.05, 3.63) is 41.3 Å². The Morgan fingerprint density at radius 2 is 2.00 bits per heavy atom. The van der Waals surface area contributed by atoms with Gasteiger partial charge in [-0.1, -0.05) is 0 Å². The molecule has 0 aliphatic rings. The third-order valence-corrected chi connectivity index (χ3v) is 3.23. The number of nitrogens with zero attached hydrogens (tertiary/aromatic N) is 1. The predicted molar refractivity (Wildman–Crippen MR) is 64.5 cm³/mol. The molecule has 0 unspecified atom stereocenters. The van der Waals surface area contributed by atoms with Crippen molar-refractivity contribution < 1.29 is 13.2 Å². The van der Waals surface area contributed by atoms with Crippen LogP contribution in [0.25, 0.3) is 0 Å². The summed E-state index contributed by atoms with van der Waals surface area (Å²) in [5, 5.41) is 0.219. The number of benzene rings is 1. The van der Waals surface area contributed by atoms with Crippen LogP contribution < -0.4 is 5.73 Å². The van der Waals surface area contributed by atoms with Gasteiger partial charge in [-0.25, -0.2) is 13.8 Å². The standard InChI is InChI=1S/C12H12F2N2OS/c1-7-6-17-12(16-7)18-11-9(13)4-8(2-3-15)5-10(11)14/h4-6H,2-3,15H2,1H3. The number of nitrogens with two attached hydrogens (primary N) is 1. The monoisotopic (exact) mass is 270 g/mol. The summed E-state index contributed by atoms with van der Waals surface area (Å²) in [5.41, 5.74) is 6.56. The van der Waals surface area contributed by atoms with Gasteiger partial charge in [0.05, 0.1) is 10.6 Å². The van der Waals surface area contributed by atoms with E-state index < -0.39 is 11.6 Å². The van der Waals surface area contributed by atoms with Crippen molar-refractivity contribution in [3.63, 3.8) is 0 Å². The minimum absolute atomic E-state index is 0.113. The molecule has 1 aromatic carbocycles. The second-order valence-corrected chi connectivity index (χ2v) is 4.75. The Balaban J connectivity index is 2.28. The summed E-state index contributed by atoms with van der Waals surface area (Å²) in [5.74, 6) is -1.25. The molecule has 1 heterocycles. The van der Waals surface area contributed by atoms with Crippen molar-refractivity contribution in [2.75, 3.05) is 6.54 Å². The van der Waals surface area contributed by atoms with Crippen molar-refractivity contribution in [1.29, 1.82) is 0 Å². The Morgan fingerprint density at radius 3 is 2.50 bits per heavy atom. The zero-order valence-corrected chi connectivity index (χ0v) is 10.6. The van der Waals surface area contributed by atoms with E-state index in [0.717, 1.165) is 11.8 Å². The fraction of sp³-hybridized carbons (Fsp3) is 0.250. The first-order valence-corrected chi connectivity index (χ1v) is 6.19. The van der Waals surface area contributed by atoms with E-state index in [1.54, 1.807) is 6.92 Å². The van der Waals surface area contributed by atoms with E-state index in [2.05, 4.69) is 4.98 Å². The molecule has 3 nitrogen and oxygen atoms in total. The maximum absolute atomic E-state index is 13.8. The van der Waals surface area contributed by atoms with Crippen LogP contribution in [0, 0.1) is 18.6 Å². The molecule has 0 aliphatic carbocycles.